The van der Waals surface area contributed by atoms with E-state index in [1.807, 2.05) is 0 Å². The molecule has 2 aromatic rings. The molecular formula is C19H14ClNO4. The van der Waals surface area contributed by atoms with Crippen LogP contribution in [0, 0.1) is 11.3 Å². The number of aliphatic carboxylic acids is 1. The molecule has 0 radical (unpaired) electrons. The average molecular weight is 356 g/mol. The van der Waals surface area contributed by atoms with Gasteiger partial charge in [-0.25, -0.2) is 9.59 Å². The fourth-order valence-electron chi connectivity index (χ4n) is 2.47. The third-order valence-electron chi connectivity index (χ3n) is 3.51. The van der Waals surface area contributed by atoms with Gasteiger partial charge in [0.15, 0.2) is 0 Å². The maximum absolute atomic E-state index is 11.6. The number of carbonyl (C=O) groups is 2. The fraction of sp³-hybridized carbons (Fsp3) is 0.105. The van der Waals surface area contributed by atoms with Crippen LogP contribution in [0.2, 0.25) is 0 Å². The van der Waals surface area contributed by atoms with Gasteiger partial charge in [0.1, 0.15) is 11.6 Å². The highest BCUT2D eigenvalue weighted by Crippen LogP contribution is 2.30. The molecule has 126 valence electrons. The van der Waals surface area contributed by atoms with Crippen molar-refractivity contribution < 1.29 is 19.4 Å². The number of carboxylic acids is 1. The van der Waals surface area contributed by atoms with Gasteiger partial charge in [0, 0.05) is 23.6 Å². The molecule has 0 aromatic heterocycles. The Kier molecular flexibility index (Phi) is 6.33. The Morgan fingerprint density at radius 3 is 2.32 bits per heavy atom. The van der Waals surface area contributed by atoms with E-state index < -0.39 is 11.4 Å². The second-order valence-corrected chi connectivity index (χ2v) is 5.33. The van der Waals surface area contributed by atoms with E-state index >= 15 is 0 Å². The summed E-state index contributed by atoms with van der Waals surface area (Å²) in [7, 11) is 0. The van der Waals surface area contributed by atoms with E-state index in [9.17, 15) is 20.0 Å². The van der Waals surface area contributed by atoms with Crippen molar-refractivity contribution in [3.63, 3.8) is 0 Å². The molecule has 2 rings (SSSR count). The number of nitriles is 1. The first-order valence-electron chi connectivity index (χ1n) is 7.38. The number of nitrogens with zero attached hydrogens (tertiary/aromatic N) is 1. The lowest BCUT2D eigenvalue weighted by Crippen LogP contribution is -2.07. The van der Waals surface area contributed by atoms with Gasteiger partial charge in [0.05, 0.1) is 6.61 Å². The zero-order valence-corrected chi connectivity index (χ0v) is 13.9. The SMILES string of the molecule is N#CC(C(=O)O)=C(c1ccccc1)c1ccccc1CCOC(=O)Cl. The molecule has 0 atom stereocenters. The van der Waals surface area contributed by atoms with Gasteiger partial charge in [-0.2, -0.15) is 5.26 Å². The minimum Gasteiger partial charge on any atom is -0.477 e. The maximum atomic E-state index is 11.6. The van der Waals surface area contributed by atoms with Crippen molar-refractivity contribution >= 4 is 28.6 Å². The van der Waals surface area contributed by atoms with Crippen molar-refractivity contribution in [3.05, 3.63) is 76.9 Å². The van der Waals surface area contributed by atoms with Gasteiger partial charge in [-0.15, -0.1) is 0 Å². The summed E-state index contributed by atoms with van der Waals surface area (Å²) in [5.74, 6) is -1.30. The summed E-state index contributed by atoms with van der Waals surface area (Å²) in [6.45, 7) is 0.0520. The van der Waals surface area contributed by atoms with E-state index in [2.05, 4.69) is 0 Å². The van der Waals surface area contributed by atoms with Gasteiger partial charge in [0.2, 0.25) is 0 Å². The number of hydrogen-bond donors (Lipinski definition) is 1. The third kappa shape index (κ3) is 4.69. The zero-order chi connectivity index (χ0) is 18.2. The molecule has 5 nitrogen and oxygen atoms in total. The Labute approximate surface area is 149 Å². The molecule has 0 aliphatic rings. The van der Waals surface area contributed by atoms with Crippen molar-refractivity contribution in [1.29, 1.82) is 5.26 Å². The van der Waals surface area contributed by atoms with E-state index in [0.29, 0.717) is 23.1 Å². The Morgan fingerprint density at radius 2 is 1.72 bits per heavy atom. The van der Waals surface area contributed by atoms with E-state index in [1.165, 1.54) is 0 Å². The topological polar surface area (TPSA) is 87.4 Å². The average Bonchev–Trinajstić information content (AvgIpc) is 2.60. The summed E-state index contributed by atoms with van der Waals surface area (Å²) < 4.78 is 4.75. The van der Waals surface area contributed by atoms with Crippen LogP contribution in [0.1, 0.15) is 16.7 Å². The second kappa shape index (κ2) is 8.67. The standard InChI is InChI=1S/C19H14ClNO4/c20-19(24)25-11-10-13-6-4-5-9-15(13)17(16(12-21)18(22)23)14-7-2-1-3-8-14/h1-9H,10-11H2,(H,22,23). The molecule has 0 spiro atoms. The van der Waals surface area contributed by atoms with Crippen molar-refractivity contribution in [2.75, 3.05) is 6.61 Å². The van der Waals surface area contributed by atoms with Crippen LogP contribution in [0.15, 0.2) is 60.2 Å². The molecule has 0 saturated carbocycles. The van der Waals surface area contributed by atoms with Crippen LogP contribution >= 0.6 is 11.6 Å². The fourth-order valence-corrected chi connectivity index (χ4v) is 2.55. The zero-order valence-electron chi connectivity index (χ0n) is 13.1. The minimum atomic E-state index is -1.30. The number of carbonyl (C=O) groups excluding carboxylic acids is 1. The smallest absolute Gasteiger partial charge is 0.403 e. The molecule has 6 heteroatoms. The van der Waals surface area contributed by atoms with Gasteiger partial charge in [-0.05, 0) is 16.7 Å². The highest BCUT2D eigenvalue weighted by atomic mass is 35.5. The Bertz CT molecular complexity index is 853. The number of ether oxygens (including phenoxy) is 1. The van der Waals surface area contributed by atoms with Crippen LogP contribution in [0.25, 0.3) is 5.57 Å². The van der Waals surface area contributed by atoms with Gasteiger partial charge < -0.3 is 9.84 Å². The van der Waals surface area contributed by atoms with Crippen LogP contribution in [0.3, 0.4) is 0 Å². The molecule has 25 heavy (non-hydrogen) atoms. The molecular weight excluding hydrogens is 342 g/mol. The largest absolute Gasteiger partial charge is 0.477 e. The van der Waals surface area contributed by atoms with E-state index in [4.69, 9.17) is 16.3 Å². The molecule has 1 N–H and O–H groups in total. The van der Waals surface area contributed by atoms with Crippen molar-refractivity contribution in [1.82, 2.24) is 0 Å². The molecule has 0 amide bonds. The number of benzene rings is 2. The Hall–Kier alpha value is -3.10. The van der Waals surface area contributed by atoms with Crippen LogP contribution in [-0.4, -0.2) is 23.1 Å². The molecule has 0 fully saturated rings. The van der Waals surface area contributed by atoms with Gasteiger partial charge >= 0.3 is 11.4 Å². The Morgan fingerprint density at radius 1 is 1.08 bits per heavy atom. The maximum Gasteiger partial charge on any atom is 0.403 e. The van der Waals surface area contributed by atoms with Gasteiger partial charge in [-0.3, -0.25) is 0 Å². The number of carboxylic acid groups (broad SMARTS) is 1. The van der Waals surface area contributed by atoms with E-state index in [1.54, 1.807) is 60.7 Å². The van der Waals surface area contributed by atoms with Crippen LogP contribution in [-0.2, 0) is 16.0 Å². The van der Waals surface area contributed by atoms with Crippen molar-refractivity contribution in [2.24, 2.45) is 0 Å². The van der Waals surface area contributed by atoms with Gasteiger partial charge in [-0.1, -0.05) is 54.6 Å². The third-order valence-corrected chi connectivity index (χ3v) is 3.62. The second-order valence-electron chi connectivity index (χ2n) is 5.03. The lowest BCUT2D eigenvalue weighted by atomic mass is 9.89. The lowest BCUT2D eigenvalue weighted by Gasteiger charge is -2.14. The molecule has 0 aliphatic carbocycles. The summed E-state index contributed by atoms with van der Waals surface area (Å²) in [5.41, 5.74) is 1.02. The highest BCUT2D eigenvalue weighted by Gasteiger charge is 2.19. The number of hydrogen-bond acceptors (Lipinski definition) is 4. The predicted molar refractivity (Wildman–Crippen MR) is 93.1 cm³/mol. The monoisotopic (exact) mass is 355 g/mol. The van der Waals surface area contributed by atoms with Crippen LogP contribution in [0.5, 0.6) is 0 Å². The summed E-state index contributed by atoms with van der Waals surface area (Å²) in [6.07, 6.45) is 0.337. The van der Waals surface area contributed by atoms with E-state index in [-0.39, 0.29) is 12.2 Å². The first-order valence-corrected chi connectivity index (χ1v) is 7.76. The lowest BCUT2D eigenvalue weighted by molar-refractivity contribution is -0.132. The molecule has 0 bridgehead atoms. The minimum absolute atomic E-state index is 0.0520. The summed E-state index contributed by atoms with van der Waals surface area (Å²) >= 11 is 5.17. The number of rotatable bonds is 6. The first kappa shape index (κ1) is 18.2. The normalized spacial score (nSPS) is 11.2. The van der Waals surface area contributed by atoms with Crippen molar-refractivity contribution in [2.45, 2.75) is 6.42 Å². The Balaban J connectivity index is 2.59. The summed E-state index contributed by atoms with van der Waals surface area (Å²) in [6, 6.07) is 17.7. The van der Waals surface area contributed by atoms with Crippen LogP contribution < -0.4 is 0 Å². The molecule has 0 saturated heterocycles. The number of halogens is 1. The van der Waals surface area contributed by atoms with Crippen LogP contribution in [0.4, 0.5) is 4.79 Å². The van der Waals surface area contributed by atoms with Gasteiger partial charge in [0.25, 0.3) is 0 Å². The molecule has 2 aromatic carbocycles. The highest BCUT2D eigenvalue weighted by molar-refractivity contribution is 6.61. The molecule has 0 heterocycles. The van der Waals surface area contributed by atoms with E-state index in [0.717, 1.165) is 5.56 Å². The summed E-state index contributed by atoms with van der Waals surface area (Å²) in [5, 5.41) is 18.8. The first-order chi connectivity index (χ1) is 12.0. The molecule has 0 aliphatic heterocycles. The quantitative estimate of drug-likeness (QED) is 0.480. The predicted octanol–water partition coefficient (Wildman–Crippen LogP) is 4.01. The summed E-state index contributed by atoms with van der Waals surface area (Å²) in [4.78, 5) is 22.3. The van der Waals surface area contributed by atoms with Crippen molar-refractivity contribution in [3.8, 4) is 6.07 Å². The molecule has 0 unspecified atom stereocenters.